The molecule has 6 aromatic carbocycles. The number of aliphatic hydroxyl groups excluding tert-OH is 1. The summed E-state index contributed by atoms with van der Waals surface area (Å²) in [5.41, 5.74) is 17.9. The number of aromatic nitrogens is 2. The number of carbonyl (C=O) groups excluding carboxylic acids is 5. The first kappa shape index (κ1) is 39.3. The molecule has 8 aromatic rings. The van der Waals surface area contributed by atoms with Crippen LogP contribution in [-0.2, 0) is 64.7 Å². The number of carbonyl (C=O) groups is 5. The van der Waals surface area contributed by atoms with E-state index in [1.54, 1.807) is 6.07 Å². The Morgan fingerprint density at radius 2 is 1.12 bits per heavy atom. The maximum Gasteiger partial charge on any atom is 0.302 e. The van der Waals surface area contributed by atoms with Crippen LogP contribution < -0.4 is 10.6 Å². The van der Waals surface area contributed by atoms with Gasteiger partial charge in [0, 0.05) is 89.0 Å². The number of aliphatic hydroxyl groups is 1. The van der Waals surface area contributed by atoms with Crippen LogP contribution in [0.2, 0.25) is 0 Å². The summed E-state index contributed by atoms with van der Waals surface area (Å²) < 4.78 is 14.9. The molecule has 0 saturated heterocycles. The van der Waals surface area contributed by atoms with Crippen molar-refractivity contribution in [2.45, 2.75) is 59.5 Å². The smallest absolute Gasteiger partial charge is 0.302 e. The summed E-state index contributed by atoms with van der Waals surface area (Å²) in [4.78, 5) is 60.3. The molecule has 12 rings (SSSR count). The average molecular weight is 851 g/mol. The van der Waals surface area contributed by atoms with Crippen LogP contribution in [0.3, 0.4) is 0 Å². The molecule has 2 aliphatic heterocycles. The van der Waals surface area contributed by atoms with Crippen LogP contribution in [0.15, 0.2) is 84.9 Å². The van der Waals surface area contributed by atoms with E-state index in [0.29, 0.717) is 31.7 Å². The second-order valence-corrected chi connectivity index (χ2v) is 16.8. The van der Waals surface area contributed by atoms with E-state index in [0.717, 1.165) is 124 Å². The van der Waals surface area contributed by atoms with Crippen molar-refractivity contribution in [2.24, 2.45) is 0 Å². The molecule has 12 nitrogen and oxygen atoms in total. The lowest BCUT2D eigenvalue weighted by Gasteiger charge is -2.13. The van der Waals surface area contributed by atoms with Gasteiger partial charge in [-0.3, -0.25) is 24.0 Å². The number of fused-ring (bicyclic) bond motifs is 20. The monoisotopic (exact) mass is 850 g/mol. The molecule has 0 radical (unpaired) electrons. The molecule has 2 amide bonds. The summed E-state index contributed by atoms with van der Waals surface area (Å²) in [5, 5.41) is 19.8. The van der Waals surface area contributed by atoms with Gasteiger partial charge in [0.1, 0.15) is 19.5 Å². The zero-order chi connectivity index (χ0) is 44.0. The van der Waals surface area contributed by atoms with E-state index in [4.69, 9.17) is 9.47 Å². The maximum atomic E-state index is 13.0. The van der Waals surface area contributed by atoms with Crippen LogP contribution in [-0.4, -0.2) is 57.5 Å². The molecule has 4 aliphatic rings. The van der Waals surface area contributed by atoms with E-state index in [2.05, 4.69) is 44.0 Å². The van der Waals surface area contributed by atoms with Crippen molar-refractivity contribution in [2.75, 3.05) is 13.2 Å². The highest BCUT2D eigenvalue weighted by Gasteiger charge is 2.37. The Morgan fingerprint density at radius 3 is 1.61 bits per heavy atom. The zero-order valence-corrected chi connectivity index (χ0v) is 35.2. The summed E-state index contributed by atoms with van der Waals surface area (Å²) in [7, 11) is 0. The number of rotatable bonds is 8. The fraction of sp³-hybridized carbons (Fsp3) is 0.212. The summed E-state index contributed by atoms with van der Waals surface area (Å²) in [6.07, 6.45) is 2.32. The molecule has 0 unspecified atom stereocenters. The number of hydrogen-bond donors (Lipinski definition) is 3. The Labute approximate surface area is 366 Å². The fourth-order valence-electron chi connectivity index (χ4n) is 10.8. The van der Waals surface area contributed by atoms with E-state index >= 15 is 0 Å². The highest BCUT2D eigenvalue weighted by atomic mass is 16.5. The third-order valence-electron chi connectivity index (χ3n) is 13.3. The SMILES string of the molecule is CC(=O)OCCn1c2ccc(C=O)cc2c2c3c(c4c(c21)Cc1ccccc1-4)C(=O)NC3.CC(=O)OCCn1c2ccc(CO)cc2c2c3c(c4c(c21)Cc1ccccc1-4)C(=O)NC3. The van der Waals surface area contributed by atoms with Gasteiger partial charge >= 0.3 is 11.9 Å². The number of amides is 2. The van der Waals surface area contributed by atoms with Crippen LogP contribution in [0, 0.1) is 0 Å². The minimum absolute atomic E-state index is 0.0334. The van der Waals surface area contributed by atoms with Crippen LogP contribution >= 0.6 is 0 Å². The predicted octanol–water partition coefficient (Wildman–Crippen LogP) is 7.65. The zero-order valence-electron chi connectivity index (χ0n) is 35.2. The Bertz CT molecular complexity index is 3410. The summed E-state index contributed by atoms with van der Waals surface area (Å²) >= 11 is 0. The predicted molar refractivity (Wildman–Crippen MR) is 242 cm³/mol. The molecular weight excluding hydrogens is 809 g/mol. The molecule has 4 heterocycles. The minimum Gasteiger partial charge on any atom is -0.464 e. The quantitative estimate of drug-likeness (QED) is 0.104. The van der Waals surface area contributed by atoms with Crippen molar-refractivity contribution < 1.29 is 38.6 Å². The molecule has 0 fully saturated rings. The molecule has 0 atom stereocenters. The van der Waals surface area contributed by atoms with Crippen molar-refractivity contribution in [3.8, 4) is 22.3 Å². The third-order valence-corrected chi connectivity index (χ3v) is 13.3. The van der Waals surface area contributed by atoms with Crippen molar-refractivity contribution in [3.05, 3.63) is 141 Å². The van der Waals surface area contributed by atoms with E-state index < -0.39 is 0 Å². The first-order chi connectivity index (χ1) is 31.2. The largest absolute Gasteiger partial charge is 0.464 e. The normalized spacial score (nSPS) is 13.8. The third kappa shape index (κ3) is 5.89. The Balaban J connectivity index is 0.000000143. The van der Waals surface area contributed by atoms with Gasteiger partial charge in [0.2, 0.25) is 0 Å². The van der Waals surface area contributed by atoms with Crippen LogP contribution in [0.5, 0.6) is 0 Å². The number of nitrogens with zero attached hydrogens (tertiary/aromatic N) is 2. The van der Waals surface area contributed by atoms with Gasteiger partial charge in [0.25, 0.3) is 11.8 Å². The van der Waals surface area contributed by atoms with Gasteiger partial charge in [-0.15, -0.1) is 0 Å². The van der Waals surface area contributed by atoms with E-state index in [1.807, 2.05) is 54.6 Å². The molecule has 0 bridgehead atoms. The number of esters is 2. The van der Waals surface area contributed by atoms with Gasteiger partial charge < -0.3 is 34.3 Å². The second-order valence-electron chi connectivity index (χ2n) is 16.8. The standard InChI is InChI=1S/C26H22N2O4.C26H20N2O4/c2*1-14(30)32-9-8-28-21-7-6-15(13-29)10-18(21)23-20-12-27-26(31)24(20)22-17-5-3-2-4-16(17)11-19(22)25(23)28/h2-7,10,29H,8-9,11-13H2,1H3,(H,27,31);2-7,10,13H,8-9,11-12H2,1H3,(H,27,31). The minimum atomic E-state index is -0.317. The summed E-state index contributed by atoms with van der Waals surface area (Å²) in [5.74, 6) is -0.708. The molecule has 318 valence electrons. The lowest BCUT2D eigenvalue weighted by atomic mass is 9.92. The van der Waals surface area contributed by atoms with E-state index in [-0.39, 0.29) is 43.6 Å². The molecular formula is C52H42N4O8. The topological polar surface area (TPSA) is 158 Å². The van der Waals surface area contributed by atoms with Gasteiger partial charge in [0.05, 0.1) is 41.9 Å². The number of benzene rings is 6. The van der Waals surface area contributed by atoms with Gasteiger partial charge in [-0.2, -0.15) is 0 Å². The Hall–Kier alpha value is -7.57. The number of hydrogen-bond acceptors (Lipinski definition) is 8. The van der Waals surface area contributed by atoms with Crippen LogP contribution in [0.25, 0.3) is 65.9 Å². The highest BCUT2D eigenvalue weighted by molar-refractivity contribution is 6.22. The molecule has 2 aliphatic carbocycles. The Kier molecular flexibility index (Phi) is 9.24. The van der Waals surface area contributed by atoms with E-state index in [1.165, 1.54) is 25.0 Å². The molecule has 0 spiro atoms. The Morgan fingerprint density at radius 1 is 0.641 bits per heavy atom. The van der Waals surface area contributed by atoms with E-state index in [9.17, 15) is 29.1 Å². The molecule has 2 aromatic heterocycles. The lowest BCUT2D eigenvalue weighted by molar-refractivity contribution is -0.142. The molecule has 0 saturated carbocycles. The summed E-state index contributed by atoms with van der Waals surface area (Å²) in [6.45, 7) is 5.22. The van der Waals surface area contributed by atoms with Crippen molar-refractivity contribution in [1.82, 2.24) is 19.8 Å². The van der Waals surface area contributed by atoms with Gasteiger partial charge in [0.15, 0.2) is 0 Å². The number of ether oxygens (including phenoxy) is 2. The number of nitrogens with one attached hydrogen (secondary N) is 2. The van der Waals surface area contributed by atoms with Crippen molar-refractivity contribution in [1.29, 1.82) is 0 Å². The number of aldehydes is 1. The highest BCUT2D eigenvalue weighted by Crippen LogP contribution is 2.50. The molecule has 12 heteroatoms. The maximum absolute atomic E-state index is 13.0. The second kappa shape index (κ2) is 15.1. The first-order valence-electron chi connectivity index (χ1n) is 21.5. The summed E-state index contributed by atoms with van der Waals surface area (Å²) in [6, 6.07) is 28.1. The first-order valence-corrected chi connectivity index (χ1v) is 21.5. The average Bonchev–Trinajstić information content (AvgIpc) is 4.15. The van der Waals surface area contributed by atoms with Crippen molar-refractivity contribution in [3.63, 3.8) is 0 Å². The van der Waals surface area contributed by atoms with Crippen molar-refractivity contribution >= 4 is 73.7 Å². The molecule has 64 heavy (non-hydrogen) atoms. The van der Waals surface area contributed by atoms with Crippen LogP contribution in [0.1, 0.15) is 83.9 Å². The fourth-order valence-corrected chi connectivity index (χ4v) is 10.8. The van der Waals surface area contributed by atoms with Gasteiger partial charge in [-0.25, -0.2) is 0 Å². The van der Waals surface area contributed by atoms with Gasteiger partial charge in [-0.1, -0.05) is 54.6 Å². The van der Waals surface area contributed by atoms with Gasteiger partial charge in [-0.05, 0) is 80.4 Å². The lowest BCUT2D eigenvalue weighted by Crippen LogP contribution is -2.13. The molecule has 3 N–H and O–H groups in total. The van der Waals surface area contributed by atoms with Crippen LogP contribution in [0.4, 0.5) is 0 Å².